The maximum absolute atomic E-state index is 13.2. The Labute approximate surface area is 141 Å². The zero-order valence-corrected chi connectivity index (χ0v) is 13.6. The number of anilines is 1. The highest BCUT2D eigenvalue weighted by Crippen LogP contribution is 2.26. The fourth-order valence-electron chi connectivity index (χ4n) is 3.45. The van der Waals surface area contributed by atoms with Gasteiger partial charge in [0.15, 0.2) is 0 Å². The van der Waals surface area contributed by atoms with E-state index in [0.29, 0.717) is 6.04 Å². The number of rotatable bonds is 4. The highest BCUT2D eigenvalue weighted by molar-refractivity contribution is 5.85. The van der Waals surface area contributed by atoms with Gasteiger partial charge in [0.25, 0.3) is 0 Å². The molecule has 124 valence electrons. The summed E-state index contributed by atoms with van der Waals surface area (Å²) < 4.78 is 15.5. The molecule has 1 aromatic heterocycles. The van der Waals surface area contributed by atoms with E-state index >= 15 is 0 Å². The minimum atomic E-state index is -0.191. The molecule has 3 nitrogen and oxygen atoms in total. The lowest BCUT2D eigenvalue weighted by molar-refractivity contribution is 0.477. The fourth-order valence-corrected chi connectivity index (χ4v) is 3.45. The molecule has 2 N–H and O–H groups in total. The maximum Gasteiger partial charge on any atom is 0.123 e. The van der Waals surface area contributed by atoms with Gasteiger partial charge >= 0.3 is 0 Å². The lowest BCUT2D eigenvalue weighted by atomic mass is 10.1. The molecule has 4 rings (SSSR count). The molecule has 0 radical (unpaired) electrons. The van der Waals surface area contributed by atoms with E-state index in [1.165, 1.54) is 23.0 Å². The number of piperidine rings is 1. The third-order valence-corrected chi connectivity index (χ3v) is 4.76. The molecule has 24 heavy (non-hydrogen) atoms. The molecule has 0 spiro atoms. The Balaban J connectivity index is 1.68. The van der Waals surface area contributed by atoms with Crippen molar-refractivity contribution in [2.75, 3.05) is 18.4 Å². The van der Waals surface area contributed by atoms with E-state index < -0.39 is 0 Å². The average molecular weight is 323 g/mol. The smallest absolute Gasteiger partial charge is 0.123 e. The Kier molecular flexibility index (Phi) is 4.22. The minimum absolute atomic E-state index is 0.191. The van der Waals surface area contributed by atoms with Crippen molar-refractivity contribution in [1.29, 1.82) is 0 Å². The highest BCUT2D eigenvalue weighted by Gasteiger charge is 2.16. The van der Waals surface area contributed by atoms with Crippen LogP contribution in [-0.2, 0) is 6.54 Å². The molecule has 0 aliphatic carbocycles. The standard InChI is InChI=1S/C20H22FN3/c21-17-7-5-15(6-8-17)14-24-19-4-2-1-3-16(19)13-20(24)23-18-9-11-22-12-10-18/h1-8,13,18,22-23H,9-12,14H2. The number of fused-ring (bicyclic) bond motifs is 1. The molecule has 3 aromatic rings. The number of hydrogen-bond acceptors (Lipinski definition) is 2. The number of halogens is 1. The van der Waals surface area contributed by atoms with Crippen molar-refractivity contribution >= 4 is 16.7 Å². The van der Waals surface area contributed by atoms with E-state index in [4.69, 9.17) is 0 Å². The molecule has 0 bridgehead atoms. The van der Waals surface area contributed by atoms with Crippen molar-refractivity contribution in [1.82, 2.24) is 9.88 Å². The summed E-state index contributed by atoms with van der Waals surface area (Å²) in [6.07, 6.45) is 2.27. The first-order valence-corrected chi connectivity index (χ1v) is 8.59. The number of benzene rings is 2. The fraction of sp³-hybridized carbons (Fsp3) is 0.300. The van der Waals surface area contributed by atoms with Gasteiger partial charge in [-0.3, -0.25) is 0 Å². The molecular weight excluding hydrogens is 301 g/mol. The van der Waals surface area contributed by atoms with Crippen molar-refractivity contribution in [2.45, 2.75) is 25.4 Å². The van der Waals surface area contributed by atoms with Gasteiger partial charge in [0.1, 0.15) is 11.6 Å². The van der Waals surface area contributed by atoms with Crippen LogP contribution in [0.1, 0.15) is 18.4 Å². The van der Waals surface area contributed by atoms with E-state index in [1.54, 1.807) is 0 Å². The van der Waals surface area contributed by atoms with Crippen molar-refractivity contribution in [3.8, 4) is 0 Å². The van der Waals surface area contributed by atoms with Gasteiger partial charge in [-0.05, 0) is 55.8 Å². The molecule has 4 heteroatoms. The van der Waals surface area contributed by atoms with Crippen molar-refractivity contribution < 1.29 is 4.39 Å². The van der Waals surface area contributed by atoms with Crippen LogP contribution in [-0.4, -0.2) is 23.7 Å². The molecule has 1 aliphatic heterocycles. The molecule has 1 saturated heterocycles. The largest absolute Gasteiger partial charge is 0.369 e. The number of hydrogen-bond donors (Lipinski definition) is 2. The second-order valence-electron chi connectivity index (χ2n) is 6.47. The predicted molar refractivity (Wildman–Crippen MR) is 97.0 cm³/mol. The predicted octanol–water partition coefficient (Wildman–Crippen LogP) is 3.99. The first-order valence-electron chi connectivity index (χ1n) is 8.59. The first kappa shape index (κ1) is 15.2. The zero-order chi connectivity index (χ0) is 16.4. The average Bonchev–Trinajstić information content (AvgIpc) is 2.95. The van der Waals surface area contributed by atoms with Gasteiger partial charge in [-0.25, -0.2) is 4.39 Å². The summed E-state index contributed by atoms with van der Waals surface area (Å²) in [5.74, 6) is 0.955. The zero-order valence-electron chi connectivity index (χ0n) is 13.6. The second kappa shape index (κ2) is 6.65. The molecule has 0 unspecified atom stereocenters. The third-order valence-electron chi connectivity index (χ3n) is 4.76. The van der Waals surface area contributed by atoms with Crippen LogP contribution in [0.4, 0.5) is 10.2 Å². The Morgan fingerprint density at radius 2 is 1.79 bits per heavy atom. The van der Waals surface area contributed by atoms with Gasteiger partial charge in [0, 0.05) is 18.0 Å². The summed E-state index contributed by atoms with van der Waals surface area (Å²) in [6, 6.07) is 17.9. The number of para-hydroxylation sites is 1. The molecule has 1 fully saturated rings. The van der Waals surface area contributed by atoms with Crippen LogP contribution in [0.2, 0.25) is 0 Å². The van der Waals surface area contributed by atoms with Crippen LogP contribution in [0.5, 0.6) is 0 Å². The second-order valence-corrected chi connectivity index (χ2v) is 6.47. The molecule has 0 amide bonds. The Bertz CT molecular complexity index is 817. The Morgan fingerprint density at radius 1 is 1.04 bits per heavy atom. The van der Waals surface area contributed by atoms with E-state index in [0.717, 1.165) is 43.9 Å². The SMILES string of the molecule is Fc1ccc(Cn2c(NC3CCNCC3)cc3ccccc32)cc1. The normalized spacial score (nSPS) is 15.7. The molecule has 2 heterocycles. The van der Waals surface area contributed by atoms with Gasteiger partial charge in [0.05, 0.1) is 5.52 Å². The van der Waals surface area contributed by atoms with Crippen LogP contribution in [0.25, 0.3) is 10.9 Å². The first-order chi connectivity index (χ1) is 11.8. The van der Waals surface area contributed by atoms with Crippen LogP contribution < -0.4 is 10.6 Å². The summed E-state index contributed by atoms with van der Waals surface area (Å²) in [7, 11) is 0. The Hall–Kier alpha value is -2.33. The van der Waals surface area contributed by atoms with E-state index in [1.807, 2.05) is 12.1 Å². The van der Waals surface area contributed by atoms with E-state index in [-0.39, 0.29) is 5.82 Å². The summed E-state index contributed by atoms with van der Waals surface area (Å²) in [6.45, 7) is 2.87. The topological polar surface area (TPSA) is 29.0 Å². The van der Waals surface area contributed by atoms with E-state index in [2.05, 4.69) is 45.5 Å². The van der Waals surface area contributed by atoms with Gasteiger partial charge in [-0.2, -0.15) is 0 Å². The van der Waals surface area contributed by atoms with Gasteiger partial charge in [-0.15, -0.1) is 0 Å². The van der Waals surface area contributed by atoms with Crippen molar-refractivity contribution in [3.63, 3.8) is 0 Å². The van der Waals surface area contributed by atoms with Crippen LogP contribution in [0, 0.1) is 5.82 Å². The quantitative estimate of drug-likeness (QED) is 0.760. The minimum Gasteiger partial charge on any atom is -0.369 e. The molecule has 0 atom stereocenters. The van der Waals surface area contributed by atoms with Crippen LogP contribution in [0.15, 0.2) is 54.6 Å². The lowest BCUT2D eigenvalue weighted by Gasteiger charge is -2.25. The Morgan fingerprint density at radius 3 is 2.58 bits per heavy atom. The van der Waals surface area contributed by atoms with Gasteiger partial charge in [-0.1, -0.05) is 30.3 Å². The summed E-state index contributed by atoms with van der Waals surface area (Å²) >= 11 is 0. The summed E-state index contributed by atoms with van der Waals surface area (Å²) in [4.78, 5) is 0. The van der Waals surface area contributed by atoms with E-state index in [9.17, 15) is 4.39 Å². The van der Waals surface area contributed by atoms with Crippen LogP contribution in [0.3, 0.4) is 0 Å². The van der Waals surface area contributed by atoms with Gasteiger partial charge < -0.3 is 15.2 Å². The van der Waals surface area contributed by atoms with Crippen LogP contribution >= 0.6 is 0 Å². The summed E-state index contributed by atoms with van der Waals surface area (Å²) in [5, 5.41) is 8.36. The van der Waals surface area contributed by atoms with Crippen molar-refractivity contribution in [3.05, 3.63) is 66.0 Å². The lowest BCUT2D eigenvalue weighted by Crippen LogP contribution is -2.35. The monoisotopic (exact) mass is 323 g/mol. The molecule has 2 aromatic carbocycles. The number of aromatic nitrogens is 1. The highest BCUT2D eigenvalue weighted by atomic mass is 19.1. The molecule has 1 aliphatic rings. The third kappa shape index (κ3) is 3.15. The van der Waals surface area contributed by atoms with Crippen molar-refractivity contribution in [2.24, 2.45) is 0 Å². The van der Waals surface area contributed by atoms with Gasteiger partial charge in [0.2, 0.25) is 0 Å². The summed E-state index contributed by atoms with van der Waals surface area (Å²) in [5.41, 5.74) is 2.31. The molecular formula is C20H22FN3. The number of nitrogens with zero attached hydrogens (tertiary/aromatic N) is 1. The number of nitrogens with one attached hydrogen (secondary N) is 2. The maximum atomic E-state index is 13.2. The molecule has 0 saturated carbocycles.